The average molecular weight is 646 g/mol. The van der Waals surface area contributed by atoms with Gasteiger partial charge in [0.25, 0.3) is 5.91 Å². The van der Waals surface area contributed by atoms with E-state index in [9.17, 15) is 9.59 Å². The van der Waals surface area contributed by atoms with Crippen molar-refractivity contribution in [2.45, 2.75) is 90.6 Å². The molecule has 1 amide bonds. The van der Waals surface area contributed by atoms with Crippen molar-refractivity contribution in [3.05, 3.63) is 76.3 Å². The predicted octanol–water partition coefficient (Wildman–Crippen LogP) is 6.33. The van der Waals surface area contributed by atoms with Crippen LogP contribution < -0.4 is 15.4 Å². The van der Waals surface area contributed by atoms with E-state index in [2.05, 4.69) is 36.4 Å². The van der Waals surface area contributed by atoms with Gasteiger partial charge in [-0.05, 0) is 93.5 Å². The van der Waals surface area contributed by atoms with Gasteiger partial charge in [-0.3, -0.25) is 4.79 Å². The van der Waals surface area contributed by atoms with Gasteiger partial charge in [0.15, 0.2) is 5.13 Å². The number of thiazole rings is 1. The molecule has 1 aromatic heterocycles. The second-order valence-electron chi connectivity index (χ2n) is 14.5. The van der Waals surface area contributed by atoms with Crippen LogP contribution >= 0.6 is 11.3 Å². The summed E-state index contributed by atoms with van der Waals surface area (Å²) >= 11 is 1.53. The maximum absolute atomic E-state index is 13.9. The Morgan fingerprint density at radius 1 is 1.15 bits per heavy atom. The Morgan fingerprint density at radius 3 is 2.63 bits per heavy atom. The maximum atomic E-state index is 13.9. The van der Waals surface area contributed by atoms with Gasteiger partial charge in [0.2, 0.25) is 0 Å². The lowest BCUT2D eigenvalue weighted by Gasteiger charge is -2.64. The van der Waals surface area contributed by atoms with Crippen LogP contribution in [0.25, 0.3) is 0 Å². The van der Waals surface area contributed by atoms with E-state index in [0.717, 1.165) is 29.1 Å². The quantitative estimate of drug-likeness (QED) is 0.195. The molecular weight excluding hydrogens is 601 g/mol. The molecule has 1 saturated heterocycles. The number of esters is 1. The van der Waals surface area contributed by atoms with Crippen molar-refractivity contribution >= 4 is 35.5 Å². The van der Waals surface area contributed by atoms with E-state index in [0.29, 0.717) is 41.7 Å². The molecule has 7 rings (SSSR count). The largest absolute Gasteiger partial charge is 0.496 e. The Hall–Kier alpha value is -3.41. The number of ether oxygens (including phenoxy) is 2. The number of nitrogens with one attached hydrogen (secondary N) is 2. The summed E-state index contributed by atoms with van der Waals surface area (Å²) in [5.41, 5.74) is 1.63. The molecule has 46 heavy (non-hydrogen) atoms. The smallest absolute Gasteiger partial charge is 0.482 e. The number of hydrogen-bond acceptors (Lipinski definition) is 9. The summed E-state index contributed by atoms with van der Waals surface area (Å²) in [7, 11) is 0.859. The first-order valence-electron chi connectivity index (χ1n) is 16.0. The summed E-state index contributed by atoms with van der Waals surface area (Å²) in [5.74, 6) is 0.116. The number of amides is 1. The van der Waals surface area contributed by atoms with Crippen LogP contribution in [0.5, 0.6) is 5.75 Å². The van der Waals surface area contributed by atoms with Crippen molar-refractivity contribution in [3.8, 4) is 5.75 Å². The van der Waals surface area contributed by atoms with Crippen LogP contribution in [0.2, 0.25) is 0 Å². The lowest BCUT2D eigenvalue weighted by atomic mass is 9.43. The molecule has 3 saturated carbocycles. The highest BCUT2D eigenvalue weighted by molar-refractivity contribution is 7.13. The van der Waals surface area contributed by atoms with Crippen molar-refractivity contribution in [3.63, 3.8) is 0 Å². The first-order chi connectivity index (χ1) is 21.8. The molecule has 5 unspecified atom stereocenters. The van der Waals surface area contributed by atoms with Crippen molar-refractivity contribution in [2.75, 3.05) is 12.4 Å². The summed E-state index contributed by atoms with van der Waals surface area (Å²) < 4.78 is 25.0. The fraction of sp³-hybridized carbons (Fsp3) is 0.514. The molecule has 2 heterocycles. The molecule has 2 N–H and O–H groups in total. The van der Waals surface area contributed by atoms with E-state index in [1.54, 1.807) is 25.4 Å². The molecule has 1 aliphatic heterocycles. The molecule has 3 aromatic rings. The molecule has 9 nitrogen and oxygen atoms in total. The second kappa shape index (κ2) is 12.3. The highest BCUT2D eigenvalue weighted by Crippen LogP contribution is 2.65. The number of methoxy groups -OCH3 is 1. The van der Waals surface area contributed by atoms with Crippen LogP contribution in [-0.2, 0) is 27.0 Å². The van der Waals surface area contributed by atoms with Gasteiger partial charge in [0.1, 0.15) is 16.9 Å². The highest BCUT2D eigenvalue weighted by atomic mass is 32.1. The first-order valence-corrected chi connectivity index (χ1v) is 16.9. The standard InChI is InChI=1S/C35H44BN3O6S/c1-33(2,3)43-31(41)25-13-9-11-22(29(25)42-7)17-28(36-44-27-19-24-18-26(34(24,4)5)35(27,6)45-36)39-30(40)23-12-8-10-21(16-23)20-38-32-37-14-15-46-32/h8-16,24,26-28H,17-20H2,1-7H3,(H,37,38)(H,39,40). The van der Waals surface area contributed by atoms with Gasteiger partial charge in [-0.15, -0.1) is 11.3 Å². The maximum Gasteiger partial charge on any atom is 0.482 e. The number of aromatic nitrogens is 1. The van der Waals surface area contributed by atoms with Gasteiger partial charge >= 0.3 is 13.1 Å². The minimum Gasteiger partial charge on any atom is -0.496 e. The number of rotatable bonds is 10. The van der Waals surface area contributed by atoms with Gasteiger partial charge in [-0.2, -0.15) is 0 Å². The molecule has 4 fully saturated rings. The van der Waals surface area contributed by atoms with Crippen molar-refractivity contribution < 1.29 is 28.4 Å². The molecule has 2 bridgehead atoms. The molecule has 5 atom stereocenters. The zero-order valence-electron chi connectivity index (χ0n) is 27.7. The molecule has 244 valence electrons. The summed E-state index contributed by atoms with van der Waals surface area (Å²) in [6.45, 7) is 12.9. The fourth-order valence-electron chi connectivity index (χ4n) is 7.57. The van der Waals surface area contributed by atoms with E-state index in [4.69, 9.17) is 18.8 Å². The van der Waals surface area contributed by atoms with E-state index in [-0.39, 0.29) is 17.4 Å². The molecule has 3 aliphatic carbocycles. The number of para-hydroxylation sites is 1. The third-order valence-corrected chi connectivity index (χ3v) is 10.8. The zero-order valence-corrected chi connectivity index (χ0v) is 28.5. The molecule has 0 spiro atoms. The molecule has 0 radical (unpaired) electrons. The molecule has 2 aromatic carbocycles. The van der Waals surface area contributed by atoms with E-state index in [1.807, 2.05) is 56.5 Å². The summed E-state index contributed by atoms with van der Waals surface area (Å²) in [6.07, 6.45) is 4.08. The van der Waals surface area contributed by atoms with Gasteiger partial charge in [0, 0.05) is 23.7 Å². The van der Waals surface area contributed by atoms with Crippen LogP contribution in [0.3, 0.4) is 0 Å². The van der Waals surface area contributed by atoms with Gasteiger partial charge in [0.05, 0.1) is 24.8 Å². The third-order valence-electron chi connectivity index (χ3n) is 10.0. The van der Waals surface area contributed by atoms with Crippen LogP contribution in [-0.4, -0.2) is 54.3 Å². The van der Waals surface area contributed by atoms with E-state index in [1.165, 1.54) is 11.3 Å². The monoisotopic (exact) mass is 645 g/mol. The van der Waals surface area contributed by atoms with Crippen LogP contribution in [0.4, 0.5) is 5.13 Å². The normalized spacial score (nSPS) is 25.2. The topological polar surface area (TPSA) is 108 Å². The number of hydrogen-bond donors (Lipinski definition) is 2. The minimum atomic E-state index is -0.682. The lowest BCUT2D eigenvalue weighted by Crippen LogP contribution is -2.65. The Kier molecular flexibility index (Phi) is 8.71. The van der Waals surface area contributed by atoms with Gasteiger partial charge < -0.3 is 29.4 Å². The first kappa shape index (κ1) is 32.5. The molecule has 11 heteroatoms. The van der Waals surface area contributed by atoms with Crippen LogP contribution in [0.15, 0.2) is 54.0 Å². The second-order valence-corrected chi connectivity index (χ2v) is 15.4. The Balaban J connectivity index is 1.27. The van der Waals surface area contributed by atoms with Gasteiger partial charge in [-0.25, -0.2) is 9.78 Å². The SMILES string of the molecule is COc1c(CC(NC(=O)c2cccc(CNc3nccs3)c2)B2OC3CC4CC(C4(C)C)C3(C)O2)cccc1C(=O)OC(C)(C)C. The zero-order chi connectivity index (χ0) is 32.9. The van der Waals surface area contributed by atoms with E-state index < -0.39 is 30.2 Å². The van der Waals surface area contributed by atoms with Crippen molar-refractivity contribution in [1.29, 1.82) is 0 Å². The number of nitrogens with zero attached hydrogens (tertiary/aromatic N) is 1. The van der Waals surface area contributed by atoms with E-state index >= 15 is 0 Å². The number of anilines is 1. The lowest BCUT2D eigenvalue weighted by molar-refractivity contribution is -0.199. The number of carbonyl (C=O) groups is 2. The Morgan fingerprint density at radius 2 is 1.93 bits per heavy atom. The summed E-state index contributed by atoms with van der Waals surface area (Å²) in [6, 6.07) is 12.9. The summed E-state index contributed by atoms with van der Waals surface area (Å²) in [4.78, 5) is 31.3. The van der Waals surface area contributed by atoms with Gasteiger partial charge in [-0.1, -0.05) is 38.1 Å². The van der Waals surface area contributed by atoms with Crippen molar-refractivity contribution in [1.82, 2.24) is 10.3 Å². The fourth-order valence-corrected chi connectivity index (χ4v) is 8.09. The minimum absolute atomic E-state index is 0.0519. The van der Waals surface area contributed by atoms with Crippen LogP contribution in [0, 0.1) is 17.3 Å². The van der Waals surface area contributed by atoms with Crippen molar-refractivity contribution in [2.24, 2.45) is 17.3 Å². The molecular formula is C35H44BN3O6S. The third kappa shape index (κ3) is 6.29. The highest BCUT2D eigenvalue weighted by Gasteiger charge is 2.68. The number of benzene rings is 2. The number of carbonyl (C=O) groups excluding carboxylic acids is 2. The molecule has 4 aliphatic rings. The predicted molar refractivity (Wildman–Crippen MR) is 179 cm³/mol. The Labute approximate surface area is 275 Å². The Bertz CT molecular complexity index is 1590. The average Bonchev–Trinajstić information content (AvgIpc) is 3.66. The van der Waals surface area contributed by atoms with Crippen LogP contribution in [0.1, 0.15) is 86.2 Å². The summed E-state index contributed by atoms with van der Waals surface area (Å²) in [5, 5.41) is 9.28.